The van der Waals surface area contributed by atoms with E-state index in [9.17, 15) is 0 Å². The molecule has 0 spiro atoms. The third-order valence-electron chi connectivity index (χ3n) is 2.81. The molecule has 0 saturated carbocycles. The molecule has 0 aliphatic carbocycles. The summed E-state index contributed by atoms with van der Waals surface area (Å²) in [6.07, 6.45) is 2.94. The van der Waals surface area contributed by atoms with E-state index in [4.69, 9.17) is 0 Å². The zero-order chi connectivity index (χ0) is 11.7. The lowest BCUT2D eigenvalue weighted by Crippen LogP contribution is -2.17. The Balaban J connectivity index is 1.90. The third-order valence-corrected chi connectivity index (χ3v) is 3.78. The molecule has 0 radical (unpaired) electrons. The molecule has 0 fully saturated rings. The predicted octanol–water partition coefficient (Wildman–Crippen LogP) is 2.85. The van der Waals surface area contributed by atoms with Gasteiger partial charge in [-0.2, -0.15) is 5.10 Å². The molecule has 4 heteroatoms. The largest absolute Gasteiger partial charge is 0.239 e. The van der Waals surface area contributed by atoms with Gasteiger partial charge in [-0.3, -0.25) is 0 Å². The van der Waals surface area contributed by atoms with Crippen LogP contribution in [0.5, 0.6) is 0 Å². The third kappa shape index (κ3) is 2.08. The van der Waals surface area contributed by atoms with Crippen molar-refractivity contribution in [1.29, 1.82) is 0 Å². The van der Waals surface area contributed by atoms with Crippen molar-refractivity contribution < 1.29 is 0 Å². The second kappa shape index (κ2) is 4.30. The van der Waals surface area contributed by atoms with E-state index in [0.29, 0.717) is 0 Å². The van der Waals surface area contributed by atoms with Gasteiger partial charge < -0.3 is 0 Å². The van der Waals surface area contributed by atoms with Gasteiger partial charge in [0.2, 0.25) is 5.13 Å². The summed E-state index contributed by atoms with van der Waals surface area (Å²) in [7, 11) is 0. The first kappa shape index (κ1) is 10.5. The number of fused-ring (bicyclic) bond motifs is 1. The van der Waals surface area contributed by atoms with E-state index in [1.54, 1.807) is 11.3 Å². The molecule has 0 atom stereocenters. The summed E-state index contributed by atoms with van der Waals surface area (Å²) in [6, 6.07) is 8.40. The second-order valence-corrected chi connectivity index (χ2v) is 4.92. The van der Waals surface area contributed by atoms with Crippen molar-refractivity contribution in [3.05, 3.63) is 46.5 Å². The number of benzene rings is 1. The summed E-state index contributed by atoms with van der Waals surface area (Å²) in [5.74, 6) is 0. The maximum absolute atomic E-state index is 4.50. The topological polar surface area (TPSA) is 28.5 Å². The number of hydrogen-bond donors (Lipinski definition) is 0. The van der Waals surface area contributed by atoms with Gasteiger partial charge in [-0.15, -0.1) is 11.3 Å². The number of anilines is 1. The van der Waals surface area contributed by atoms with E-state index in [1.807, 2.05) is 24.2 Å². The van der Waals surface area contributed by atoms with E-state index in [0.717, 1.165) is 23.8 Å². The Morgan fingerprint density at radius 3 is 3.00 bits per heavy atom. The fraction of sp³-hybridized carbons (Fsp3) is 0.231. The standard InChI is InChI=1S/C13H13N3S/c1-10-9-17-13(15-10)16-7-6-11-4-2-3-5-12(11)8-14-16/h2-5,8-9H,6-7H2,1H3. The molecule has 0 N–H and O–H groups in total. The van der Waals surface area contributed by atoms with Gasteiger partial charge in [0.25, 0.3) is 0 Å². The average Bonchev–Trinajstić information content (AvgIpc) is 2.66. The van der Waals surface area contributed by atoms with E-state index >= 15 is 0 Å². The summed E-state index contributed by atoms with van der Waals surface area (Å²) in [5, 5.41) is 9.52. The fourth-order valence-corrected chi connectivity index (χ4v) is 2.69. The summed E-state index contributed by atoms with van der Waals surface area (Å²) in [4.78, 5) is 4.47. The van der Waals surface area contributed by atoms with Gasteiger partial charge in [0, 0.05) is 11.9 Å². The summed E-state index contributed by atoms with van der Waals surface area (Å²) < 4.78 is 0. The van der Waals surface area contributed by atoms with Crippen molar-refractivity contribution in [2.75, 3.05) is 11.6 Å². The molecule has 86 valence electrons. The van der Waals surface area contributed by atoms with Gasteiger partial charge in [0.1, 0.15) is 0 Å². The van der Waals surface area contributed by atoms with E-state index in [1.165, 1.54) is 11.1 Å². The molecule has 0 amide bonds. The molecule has 0 saturated heterocycles. The lowest BCUT2D eigenvalue weighted by molar-refractivity contribution is 0.831. The minimum Gasteiger partial charge on any atom is -0.239 e. The van der Waals surface area contributed by atoms with Gasteiger partial charge in [-0.05, 0) is 24.5 Å². The van der Waals surface area contributed by atoms with Crippen LogP contribution in [0.15, 0.2) is 34.7 Å². The summed E-state index contributed by atoms with van der Waals surface area (Å²) >= 11 is 1.65. The van der Waals surface area contributed by atoms with Crippen LogP contribution in [-0.2, 0) is 6.42 Å². The molecule has 1 aliphatic rings. The average molecular weight is 243 g/mol. The molecule has 1 aromatic carbocycles. The van der Waals surface area contributed by atoms with Crippen molar-refractivity contribution in [2.24, 2.45) is 5.10 Å². The first-order chi connectivity index (χ1) is 8.33. The second-order valence-electron chi connectivity index (χ2n) is 4.09. The number of rotatable bonds is 1. The Morgan fingerprint density at radius 1 is 1.29 bits per heavy atom. The molecule has 3 rings (SSSR count). The van der Waals surface area contributed by atoms with Crippen molar-refractivity contribution >= 4 is 22.7 Å². The SMILES string of the molecule is Cc1csc(N2CCc3ccccc3C=N2)n1. The van der Waals surface area contributed by atoms with E-state index in [-0.39, 0.29) is 0 Å². The molecule has 2 aromatic rings. The van der Waals surface area contributed by atoms with Crippen LogP contribution in [0.3, 0.4) is 0 Å². The van der Waals surface area contributed by atoms with Gasteiger partial charge >= 0.3 is 0 Å². The Morgan fingerprint density at radius 2 is 2.18 bits per heavy atom. The highest BCUT2D eigenvalue weighted by Gasteiger charge is 2.13. The molecule has 0 bridgehead atoms. The normalized spacial score (nSPS) is 14.5. The molecule has 3 nitrogen and oxygen atoms in total. The number of hydrazone groups is 1. The number of hydrogen-bond acceptors (Lipinski definition) is 4. The Bertz CT molecular complexity index is 559. The van der Waals surface area contributed by atoms with Crippen LogP contribution in [0.2, 0.25) is 0 Å². The molecular weight excluding hydrogens is 230 g/mol. The van der Waals surface area contributed by atoms with Crippen LogP contribution < -0.4 is 5.01 Å². The van der Waals surface area contributed by atoms with Crippen LogP contribution in [0.25, 0.3) is 0 Å². The molecule has 1 aromatic heterocycles. The Labute approximate surface area is 104 Å². The lowest BCUT2D eigenvalue weighted by Gasteiger charge is -2.12. The first-order valence-corrected chi connectivity index (χ1v) is 6.52. The number of aromatic nitrogens is 1. The van der Waals surface area contributed by atoms with Crippen LogP contribution in [0.4, 0.5) is 5.13 Å². The summed E-state index contributed by atoms with van der Waals surface area (Å²) in [6.45, 7) is 2.90. The first-order valence-electron chi connectivity index (χ1n) is 5.64. The van der Waals surface area contributed by atoms with Crippen LogP contribution >= 0.6 is 11.3 Å². The van der Waals surface area contributed by atoms with Gasteiger partial charge in [-0.25, -0.2) is 9.99 Å². The van der Waals surface area contributed by atoms with Crippen molar-refractivity contribution in [2.45, 2.75) is 13.3 Å². The lowest BCUT2D eigenvalue weighted by atomic mass is 10.1. The molecule has 17 heavy (non-hydrogen) atoms. The molecule has 1 aliphatic heterocycles. The molecule has 0 unspecified atom stereocenters. The van der Waals surface area contributed by atoms with E-state index in [2.05, 4.69) is 33.7 Å². The number of nitrogens with zero attached hydrogens (tertiary/aromatic N) is 3. The predicted molar refractivity (Wildman–Crippen MR) is 71.9 cm³/mol. The maximum Gasteiger partial charge on any atom is 0.206 e. The zero-order valence-electron chi connectivity index (χ0n) is 9.63. The van der Waals surface area contributed by atoms with Gasteiger partial charge in [0.05, 0.1) is 11.9 Å². The highest BCUT2D eigenvalue weighted by molar-refractivity contribution is 7.13. The van der Waals surface area contributed by atoms with Crippen molar-refractivity contribution in [3.8, 4) is 0 Å². The monoisotopic (exact) mass is 243 g/mol. The maximum atomic E-state index is 4.50. The quantitative estimate of drug-likeness (QED) is 0.770. The van der Waals surface area contributed by atoms with Crippen LogP contribution in [-0.4, -0.2) is 17.7 Å². The summed E-state index contributed by atoms with van der Waals surface area (Å²) in [5.41, 5.74) is 3.62. The molecular formula is C13H13N3S. The highest BCUT2D eigenvalue weighted by Crippen LogP contribution is 2.22. The molecule has 2 heterocycles. The Kier molecular flexibility index (Phi) is 2.65. The van der Waals surface area contributed by atoms with Crippen LogP contribution in [0.1, 0.15) is 16.8 Å². The van der Waals surface area contributed by atoms with Crippen molar-refractivity contribution in [1.82, 2.24) is 4.98 Å². The Hall–Kier alpha value is -1.68. The van der Waals surface area contributed by atoms with Gasteiger partial charge in [-0.1, -0.05) is 24.3 Å². The number of thiazole rings is 1. The van der Waals surface area contributed by atoms with Crippen molar-refractivity contribution in [3.63, 3.8) is 0 Å². The van der Waals surface area contributed by atoms with Crippen LogP contribution in [0, 0.1) is 6.92 Å². The van der Waals surface area contributed by atoms with E-state index < -0.39 is 0 Å². The smallest absolute Gasteiger partial charge is 0.206 e. The number of aryl methyl sites for hydroxylation is 1. The zero-order valence-corrected chi connectivity index (χ0v) is 10.4. The fourth-order valence-electron chi connectivity index (χ4n) is 1.91. The minimum absolute atomic E-state index is 0.889. The highest BCUT2D eigenvalue weighted by atomic mass is 32.1. The minimum atomic E-state index is 0.889. The van der Waals surface area contributed by atoms with Gasteiger partial charge in [0.15, 0.2) is 0 Å².